The van der Waals surface area contributed by atoms with Crippen molar-refractivity contribution >= 4 is 17.8 Å². The molecule has 1 aliphatic rings. The molecule has 2 N–H and O–H groups in total. The van der Waals surface area contributed by atoms with Gasteiger partial charge in [-0.3, -0.25) is 9.48 Å². The number of carbonyl (C=O) groups is 2. The molecule has 2 aromatic rings. The summed E-state index contributed by atoms with van der Waals surface area (Å²) in [5.41, 5.74) is 1.14. The van der Waals surface area contributed by atoms with Crippen LogP contribution in [0.2, 0.25) is 0 Å². The average molecular weight is 341 g/mol. The number of amides is 3. The van der Waals surface area contributed by atoms with Crippen LogP contribution in [0.25, 0.3) is 0 Å². The summed E-state index contributed by atoms with van der Waals surface area (Å²) in [6.07, 6.45) is 3.88. The molecule has 0 bridgehead atoms. The van der Waals surface area contributed by atoms with Gasteiger partial charge in [0.1, 0.15) is 0 Å². The Hall–Kier alpha value is -2.83. The van der Waals surface area contributed by atoms with E-state index in [0.29, 0.717) is 5.82 Å². The smallest absolute Gasteiger partial charge is 0.317 e. The number of nitrogens with zero attached hydrogens (tertiary/aromatic N) is 3. The number of anilines is 1. The molecule has 1 unspecified atom stereocenters. The lowest BCUT2D eigenvalue weighted by molar-refractivity contribution is -0.115. The Labute approximate surface area is 147 Å². The molecule has 0 saturated carbocycles. The lowest BCUT2D eigenvalue weighted by Gasteiger charge is -2.15. The second-order valence-corrected chi connectivity index (χ2v) is 6.17. The van der Waals surface area contributed by atoms with Crippen LogP contribution in [0.4, 0.5) is 10.6 Å². The van der Waals surface area contributed by atoms with Gasteiger partial charge in [-0.15, -0.1) is 0 Å². The zero-order valence-electron chi connectivity index (χ0n) is 14.3. The van der Waals surface area contributed by atoms with Gasteiger partial charge in [0.25, 0.3) is 0 Å². The van der Waals surface area contributed by atoms with Gasteiger partial charge in [0.2, 0.25) is 5.91 Å². The van der Waals surface area contributed by atoms with E-state index in [2.05, 4.69) is 15.7 Å². The first-order valence-corrected chi connectivity index (χ1v) is 8.56. The molecule has 132 valence electrons. The van der Waals surface area contributed by atoms with E-state index in [9.17, 15) is 9.59 Å². The van der Waals surface area contributed by atoms with E-state index in [0.717, 1.165) is 31.5 Å². The molecular weight excluding hydrogens is 318 g/mol. The summed E-state index contributed by atoms with van der Waals surface area (Å²) in [5, 5.41) is 9.74. The fourth-order valence-electron chi connectivity index (χ4n) is 2.88. The molecule has 0 aliphatic carbocycles. The second kappa shape index (κ2) is 7.83. The van der Waals surface area contributed by atoms with Crippen molar-refractivity contribution in [1.29, 1.82) is 0 Å². The third kappa shape index (κ3) is 4.37. The number of nitrogens with one attached hydrogen (secondary N) is 2. The summed E-state index contributed by atoms with van der Waals surface area (Å²) in [5.74, 6) is 0.188. The highest BCUT2D eigenvalue weighted by Crippen LogP contribution is 2.17. The van der Waals surface area contributed by atoms with Crippen LogP contribution in [0, 0.1) is 0 Å². The van der Waals surface area contributed by atoms with E-state index in [1.807, 2.05) is 43.5 Å². The Morgan fingerprint density at radius 2 is 1.88 bits per heavy atom. The molecule has 25 heavy (non-hydrogen) atoms. The van der Waals surface area contributed by atoms with Crippen LogP contribution in [0.1, 0.15) is 31.4 Å². The molecule has 0 spiro atoms. The monoisotopic (exact) mass is 341 g/mol. The van der Waals surface area contributed by atoms with Crippen LogP contribution in [0.5, 0.6) is 0 Å². The minimum Gasteiger partial charge on any atom is -0.329 e. The average Bonchev–Trinajstić information content (AvgIpc) is 3.32. The number of carbonyl (C=O) groups excluding carboxylic acids is 2. The molecule has 7 heteroatoms. The van der Waals surface area contributed by atoms with Gasteiger partial charge in [-0.2, -0.15) is 5.10 Å². The van der Waals surface area contributed by atoms with Crippen molar-refractivity contribution in [3.8, 4) is 0 Å². The SMILES string of the molecule is CC(c1ccccc1)n1ccc(NC(=O)CNC(=O)N2CCCC2)n1. The molecule has 1 aromatic heterocycles. The molecule has 1 fully saturated rings. The van der Waals surface area contributed by atoms with E-state index in [1.54, 1.807) is 15.6 Å². The lowest BCUT2D eigenvalue weighted by atomic mass is 10.1. The van der Waals surface area contributed by atoms with E-state index in [4.69, 9.17) is 0 Å². The Morgan fingerprint density at radius 3 is 2.60 bits per heavy atom. The Kier molecular flexibility index (Phi) is 5.33. The molecule has 2 heterocycles. The number of hydrogen-bond acceptors (Lipinski definition) is 3. The van der Waals surface area contributed by atoms with Gasteiger partial charge in [0, 0.05) is 25.4 Å². The second-order valence-electron chi connectivity index (χ2n) is 6.17. The molecule has 1 atom stereocenters. The molecule has 1 saturated heterocycles. The fraction of sp³-hybridized carbons (Fsp3) is 0.389. The van der Waals surface area contributed by atoms with Crippen molar-refractivity contribution in [1.82, 2.24) is 20.0 Å². The van der Waals surface area contributed by atoms with Crippen molar-refractivity contribution in [3.05, 3.63) is 48.2 Å². The van der Waals surface area contributed by atoms with Crippen LogP contribution >= 0.6 is 0 Å². The van der Waals surface area contributed by atoms with Gasteiger partial charge in [0.15, 0.2) is 5.82 Å². The van der Waals surface area contributed by atoms with E-state index < -0.39 is 0 Å². The first-order chi connectivity index (χ1) is 12.1. The Balaban J connectivity index is 1.50. The van der Waals surface area contributed by atoms with Crippen LogP contribution < -0.4 is 10.6 Å². The molecular formula is C18H23N5O2. The quantitative estimate of drug-likeness (QED) is 0.875. The summed E-state index contributed by atoms with van der Waals surface area (Å²) in [7, 11) is 0. The third-order valence-corrected chi connectivity index (χ3v) is 4.35. The van der Waals surface area contributed by atoms with E-state index >= 15 is 0 Å². The van der Waals surface area contributed by atoms with Gasteiger partial charge < -0.3 is 15.5 Å². The summed E-state index contributed by atoms with van der Waals surface area (Å²) in [6.45, 7) is 3.51. The van der Waals surface area contributed by atoms with Crippen molar-refractivity contribution in [2.45, 2.75) is 25.8 Å². The maximum Gasteiger partial charge on any atom is 0.317 e. The molecule has 0 radical (unpaired) electrons. The number of urea groups is 1. The zero-order chi connectivity index (χ0) is 17.6. The summed E-state index contributed by atoms with van der Waals surface area (Å²) >= 11 is 0. The number of likely N-dealkylation sites (tertiary alicyclic amines) is 1. The van der Waals surface area contributed by atoms with Gasteiger partial charge in [-0.1, -0.05) is 30.3 Å². The zero-order valence-corrected chi connectivity index (χ0v) is 14.3. The highest BCUT2D eigenvalue weighted by atomic mass is 16.2. The van der Waals surface area contributed by atoms with Gasteiger partial charge in [0.05, 0.1) is 12.6 Å². The van der Waals surface area contributed by atoms with Crippen LogP contribution in [-0.2, 0) is 4.79 Å². The van der Waals surface area contributed by atoms with E-state index in [-0.39, 0.29) is 24.5 Å². The van der Waals surface area contributed by atoms with Crippen molar-refractivity contribution in [2.75, 3.05) is 25.0 Å². The number of rotatable bonds is 5. The normalized spacial score (nSPS) is 15.0. The third-order valence-electron chi connectivity index (χ3n) is 4.35. The van der Waals surface area contributed by atoms with Gasteiger partial charge in [-0.25, -0.2) is 4.79 Å². The fourth-order valence-corrected chi connectivity index (χ4v) is 2.88. The summed E-state index contributed by atoms with van der Waals surface area (Å²) in [6, 6.07) is 11.7. The summed E-state index contributed by atoms with van der Waals surface area (Å²) < 4.78 is 1.80. The standard InChI is InChI=1S/C18H23N5O2/c1-14(15-7-3-2-4-8-15)23-12-9-16(21-23)20-17(24)13-19-18(25)22-10-5-6-11-22/h2-4,7-9,12,14H,5-6,10-11,13H2,1H3,(H,19,25)(H,20,21,24). The largest absolute Gasteiger partial charge is 0.329 e. The van der Waals surface area contributed by atoms with Gasteiger partial charge >= 0.3 is 6.03 Å². The van der Waals surface area contributed by atoms with Crippen LogP contribution in [0.15, 0.2) is 42.6 Å². The Morgan fingerprint density at radius 1 is 1.16 bits per heavy atom. The first-order valence-electron chi connectivity index (χ1n) is 8.56. The highest BCUT2D eigenvalue weighted by Gasteiger charge is 2.18. The molecule has 1 aliphatic heterocycles. The Bertz CT molecular complexity index is 722. The minimum atomic E-state index is -0.287. The molecule has 3 rings (SSSR count). The molecule has 1 aromatic carbocycles. The van der Waals surface area contributed by atoms with Crippen LogP contribution in [0.3, 0.4) is 0 Å². The van der Waals surface area contributed by atoms with E-state index in [1.165, 1.54) is 0 Å². The predicted octanol–water partition coefficient (Wildman–Crippen LogP) is 2.24. The first kappa shape index (κ1) is 17.0. The predicted molar refractivity (Wildman–Crippen MR) is 95.3 cm³/mol. The maximum absolute atomic E-state index is 12.0. The molecule has 7 nitrogen and oxygen atoms in total. The number of benzene rings is 1. The van der Waals surface area contributed by atoms with Crippen molar-refractivity contribution in [2.24, 2.45) is 0 Å². The van der Waals surface area contributed by atoms with Crippen LogP contribution in [-0.4, -0.2) is 46.3 Å². The minimum absolute atomic E-state index is 0.0591. The summed E-state index contributed by atoms with van der Waals surface area (Å²) in [4.78, 5) is 25.6. The number of hydrogen-bond donors (Lipinski definition) is 2. The highest BCUT2D eigenvalue weighted by molar-refractivity contribution is 5.93. The lowest BCUT2D eigenvalue weighted by Crippen LogP contribution is -2.41. The molecule has 3 amide bonds. The van der Waals surface area contributed by atoms with Crippen molar-refractivity contribution in [3.63, 3.8) is 0 Å². The topological polar surface area (TPSA) is 79.3 Å². The number of aromatic nitrogens is 2. The maximum atomic E-state index is 12.0. The van der Waals surface area contributed by atoms with Crippen molar-refractivity contribution < 1.29 is 9.59 Å². The van der Waals surface area contributed by atoms with Gasteiger partial charge in [-0.05, 0) is 25.3 Å².